The van der Waals surface area contributed by atoms with Gasteiger partial charge in [-0.3, -0.25) is 0 Å². The zero-order valence-electron chi connectivity index (χ0n) is 20.7. The average molecular weight is 586 g/mol. The average Bonchev–Trinajstić information content (AvgIpc) is 3.40. The molecule has 1 saturated carbocycles. The summed E-state index contributed by atoms with van der Waals surface area (Å²) in [5.74, 6) is -0.670. The van der Waals surface area contributed by atoms with Crippen molar-refractivity contribution < 1.29 is 43.9 Å². The summed E-state index contributed by atoms with van der Waals surface area (Å²) >= 11 is 0. The van der Waals surface area contributed by atoms with Crippen LogP contribution >= 0.6 is 0 Å². The lowest BCUT2D eigenvalue weighted by molar-refractivity contribution is -0.392. The maximum Gasteiger partial charge on any atom is 0.430 e. The molecule has 0 atom stereocenters. The largest absolute Gasteiger partial charge is 0.430 e. The molecule has 40 heavy (non-hydrogen) atoms. The second-order valence-corrected chi connectivity index (χ2v) is 11.7. The Kier molecular flexibility index (Phi) is 7.77. The molecule has 0 radical (unpaired) electrons. The number of nitriles is 1. The first-order chi connectivity index (χ1) is 18.7. The SMILES string of the molecule is N#Cc1ccccc1COC(c1ccc(C2(S(=O)(=O)c3ccc(F)cc3)CCCC2)cc1)(C(F)(F)F)C(F)(F)F. The highest BCUT2D eigenvalue weighted by molar-refractivity contribution is 7.92. The van der Waals surface area contributed by atoms with E-state index in [2.05, 4.69) is 4.74 Å². The summed E-state index contributed by atoms with van der Waals surface area (Å²) in [6.45, 7) is -1.17. The van der Waals surface area contributed by atoms with Gasteiger partial charge >= 0.3 is 12.4 Å². The third-order valence-electron chi connectivity index (χ3n) is 7.25. The molecule has 4 rings (SSSR count). The van der Waals surface area contributed by atoms with Crippen LogP contribution in [0.25, 0.3) is 0 Å². The second-order valence-electron chi connectivity index (χ2n) is 9.47. The van der Waals surface area contributed by atoms with Gasteiger partial charge in [-0.05, 0) is 54.3 Å². The van der Waals surface area contributed by atoms with Crippen molar-refractivity contribution in [1.29, 1.82) is 5.26 Å². The number of nitrogens with zero attached hydrogens (tertiary/aromatic N) is 1. The van der Waals surface area contributed by atoms with Crippen LogP contribution in [0.4, 0.5) is 30.7 Å². The molecule has 12 heteroatoms. The highest BCUT2D eigenvalue weighted by Crippen LogP contribution is 2.54. The standard InChI is InChI=1S/C28H22F7NO3S/c29-23-11-13-24(14-12-23)40(37,38)25(15-3-4-16-25)21-7-9-22(10-8-21)26(27(30,31)32,28(33,34)35)39-18-20-6-2-1-5-19(20)17-36/h1-2,5-14H,3-4,15-16,18H2. The molecule has 0 unspecified atom stereocenters. The molecule has 0 spiro atoms. The van der Waals surface area contributed by atoms with E-state index in [-0.39, 0.29) is 34.4 Å². The third-order valence-corrected chi connectivity index (χ3v) is 9.81. The molecule has 3 aromatic carbocycles. The number of sulfone groups is 1. The van der Waals surface area contributed by atoms with E-state index in [0.29, 0.717) is 25.0 Å². The number of hydrogen-bond acceptors (Lipinski definition) is 4. The number of ether oxygens (including phenoxy) is 1. The molecule has 212 valence electrons. The van der Waals surface area contributed by atoms with Crippen LogP contribution in [0.3, 0.4) is 0 Å². The number of hydrogen-bond donors (Lipinski definition) is 0. The number of halogens is 7. The van der Waals surface area contributed by atoms with Gasteiger partial charge in [0.1, 0.15) is 10.6 Å². The number of alkyl halides is 6. The van der Waals surface area contributed by atoms with Gasteiger partial charge in [-0.25, -0.2) is 12.8 Å². The highest BCUT2D eigenvalue weighted by Gasteiger charge is 2.73. The van der Waals surface area contributed by atoms with E-state index < -0.39 is 50.5 Å². The van der Waals surface area contributed by atoms with Crippen molar-refractivity contribution in [1.82, 2.24) is 0 Å². The molecule has 0 N–H and O–H groups in total. The first kappa shape index (κ1) is 29.6. The van der Waals surface area contributed by atoms with Gasteiger partial charge in [0.2, 0.25) is 0 Å². The minimum atomic E-state index is -5.97. The Morgan fingerprint density at radius 1 is 0.825 bits per heavy atom. The number of rotatable bonds is 7. The van der Waals surface area contributed by atoms with Gasteiger partial charge in [-0.2, -0.15) is 31.6 Å². The van der Waals surface area contributed by atoms with Gasteiger partial charge in [0.15, 0.2) is 9.84 Å². The fourth-order valence-corrected chi connectivity index (χ4v) is 7.40. The van der Waals surface area contributed by atoms with Crippen molar-refractivity contribution in [2.75, 3.05) is 0 Å². The van der Waals surface area contributed by atoms with E-state index in [0.717, 1.165) is 36.4 Å². The maximum absolute atomic E-state index is 14.3. The highest BCUT2D eigenvalue weighted by atomic mass is 32.2. The fourth-order valence-electron chi connectivity index (χ4n) is 5.18. The first-order valence-corrected chi connectivity index (χ1v) is 13.5. The molecule has 0 aromatic heterocycles. The van der Waals surface area contributed by atoms with E-state index in [1.807, 2.05) is 0 Å². The van der Waals surface area contributed by atoms with Crippen LogP contribution in [0.15, 0.2) is 77.7 Å². The van der Waals surface area contributed by atoms with Crippen molar-refractivity contribution in [2.45, 2.75) is 59.9 Å². The molecule has 1 aliphatic carbocycles. The summed E-state index contributed by atoms with van der Waals surface area (Å²) < 4.78 is 130. The van der Waals surface area contributed by atoms with Crippen LogP contribution in [0.1, 0.15) is 47.9 Å². The summed E-state index contributed by atoms with van der Waals surface area (Å²) in [6, 6.07) is 14.0. The molecule has 0 aliphatic heterocycles. The van der Waals surface area contributed by atoms with Gasteiger partial charge in [0, 0.05) is 5.56 Å². The minimum Gasteiger partial charge on any atom is -0.349 e. The quantitative estimate of drug-likeness (QED) is 0.213. The van der Waals surface area contributed by atoms with Gasteiger partial charge in [-0.1, -0.05) is 55.3 Å². The van der Waals surface area contributed by atoms with Gasteiger partial charge in [0.05, 0.1) is 23.1 Å². The third kappa shape index (κ3) is 4.86. The van der Waals surface area contributed by atoms with Crippen LogP contribution in [0.2, 0.25) is 0 Å². The second kappa shape index (κ2) is 10.5. The smallest absolute Gasteiger partial charge is 0.349 e. The van der Waals surface area contributed by atoms with Crippen molar-refractivity contribution in [2.24, 2.45) is 0 Å². The molecule has 3 aromatic rings. The molecule has 0 saturated heterocycles. The van der Waals surface area contributed by atoms with Crippen LogP contribution in [-0.4, -0.2) is 20.8 Å². The normalized spacial score (nSPS) is 16.1. The lowest BCUT2D eigenvalue weighted by Gasteiger charge is -2.38. The Morgan fingerprint density at radius 3 is 1.90 bits per heavy atom. The lowest BCUT2D eigenvalue weighted by Crippen LogP contribution is -2.55. The summed E-state index contributed by atoms with van der Waals surface area (Å²) in [6.07, 6.45) is -10.9. The van der Waals surface area contributed by atoms with Crippen LogP contribution in [0, 0.1) is 17.1 Å². The molecule has 0 amide bonds. The minimum absolute atomic E-state index is 0.0196. The Labute approximate surface area is 225 Å². The van der Waals surface area contributed by atoms with Gasteiger partial charge < -0.3 is 4.74 Å². The first-order valence-electron chi connectivity index (χ1n) is 12.1. The summed E-state index contributed by atoms with van der Waals surface area (Å²) in [5, 5.41) is 9.19. The van der Waals surface area contributed by atoms with Gasteiger partial charge in [-0.15, -0.1) is 0 Å². The Balaban J connectivity index is 1.81. The maximum atomic E-state index is 14.3. The molecule has 1 aliphatic rings. The van der Waals surface area contributed by atoms with Gasteiger partial charge in [0.25, 0.3) is 5.60 Å². The van der Waals surface area contributed by atoms with Crippen molar-refractivity contribution in [3.63, 3.8) is 0 Å². The number of benzene rings is 3. The van der Waals surface area contributed by atoms with Crippen molar-refractivity contribution in [3.8, 4) is 6.07 Å². The van der Waals surface area contributed by atoms with Crippen LogP contribution in [-0.2, 0) is 31.5 Å². The monoisotopic (exact) mass is 585 g/mol. The zero-order chi connectivity index (χ0) is 29.4. The predicted octanol–water partition coefficient (Wildman–Crippen LogP) is 7.48. The molecule has 4 nitrogen and oxygen atoms in total. The Hall–Kier alpha value is -3.43. The topological polar surface area (TPSA) is 67.2 Å². The van der Waals surface area contributed by atoms with Crippen LogP contribution < -0.4 is 0 Å². The summed E-state index contributed by atoms with van der Waals surface area (Å²) in [7, 11) is -4.20. The van der Waals surface area contributed by atoms with E-state index in [1.165, 1.54) is 24.3 Å². The molecule has 0 heterocycles. The Morgan fingerprint density at radius 2 is 1.38 bits per heavy atom. The molecular weight excluding hydrogens is 563 g/mol. The van der Waals surface area contributed by atoms with E-state index in [4.69, 9.17) is 0 Å². The van der Waals surface area contributed by atoms with Crippen molar-refractivity contribution >= 4 is 9.84 Å². The van der Waals surface area contributed by atoms with E-state index in [9.17, 15) is 44.4 Å². The molecule has 0 bridgehead atoms. The zero-order valence-corrected chi connectivity index (χ0v) is 21.5. The van der Waals surface area contributed by atoms with Crippen molar-refractivity contribution in [3.05, 3.63) is 101 Å². The summed E-state index contributed by atoms with van der Waals surface area (Å²) in [4.78, 5) is -0.209. The molecular formula is C28H22F7NO3S. The Bertz CT molecular complexity index is 1490. The summed E-state index contributed by atoms with van der Waals surface area (Å²) in [5.41, 5.74) is -6.36. The van der Waals surface area contributed by atoms with E-state index in [1.54, 1.807) is 6.07 Å². The fraction of sp³-hybridized carbons (Fsp3) is 0.321. The van der Waals surface area contributed by atoms with E-state index >= 15 is 0 Å². The molecule has 1 fully saturated rings. The van der Waals surface area contributed by atoms with Crippen LogP contribution in [0.5, 0.6) is 0 Å². The lowest BCUT2D eigenvalue weighted by atomic mass is 9.88. The predicted molar refractivity (Wildman–Crippen MR) is 130 cm³/mol.